The number of Topliss-reactive ketones (excluding diaryl/α,β-unsaturated/α-hetero) is 1. The lowest BCUT2D eigenvalue weighted by Gasteiger charge is -2.21. The van der Waals surface area contributed by atoms with Gasteiger partial charge >= 0.3 is 0 Å². The molecule has 1 saturated carbocycles. The average Bonchev–Trinajstić information content (AvgIpc) is 2.95. The van der Waals surface area contributed by atoms with Crippen LogP contribution < -0.4 is 0 Å². The molecular weight excluding hydrogens is 272 g/mol. The number of amides is 1. The summed E-state index contributed by atoms with van der Waals surface area (Å²) in [6.07, 6.45) is 3.73. The SMILES string of the molecule is CC(=O)c1c[nH]c(C(=O)N(Cc2ccsc2)C2CC2)c1. The number of carbonyl (C=O) groups excluding carboxylic acids is 2. The van der Waals surface area contributed by atoms with E-state index in [4.69, 9.17) is 0 Å². The highest BCUT2D eigenvalue weighted by Gasteiger charge is 2.33. The van der Waals surface area contributed by atoms with E-state index in [-0.39, 0.29) is 11.7 Å². The first kappa shape index (κ1) is 13.1. The molecule has 0 saturated heterocycles. The second kappa shape index (κ2) is 5.25. The van der Waals surface area contributed by atoms with E-state index in [0.717, 1.165) is 18.4 Å². The van der Waals surface area contributed by atoms with Gasteiger partial charge in [0.2, 0.25) is 0 Å². The van der Waals surface area contributed by atoms with Gasteiger partial charge in [-0.3, -0.25) is 9.59 Å². The van der Waals surface area contributed by atoms with E-state index in [2.05, 4.69) is 10.4 Å². The first-order valence-corrected chi connectivity index (χ1v) is 7.61. The van der Waals surface area contributed by atoms with Crippen LogP contribution >= 0.6 is 11.3 Å². The van der Waals surface area contributed by atoms with Gasteiger partial charge in [-0.05, 0) is 48.2 Å². The number of nitrogens with zero attached hydrogens (tertiary/aromatic N) is 1. The van der Waals surface area contributed by atoms with Gasteiger partial charge in [-0.1, -0.05) is 0 Å². The van der Waals surface area contributed by atoms with Crippen LogP contribution in [0, 0.1) is 0 Å². The maximum atomic E-state index is 12.6. The molecule has 3 rings (SSSR count). The monoisotopic (exact) mass is 288 g/mol. The summed E-state index contributed by atoms with van der Waals surface area (Å²) in [5.41, 5.74) is 2.21. The van der Waals surface area contributed by atoms with Crippen LogP contribution in [0.2, 0.25) is 0 Å². The lowest BCUT2D eigenvalue weighted by atomic mass is 10.2. The number of hydrogen-bond acceptors (Lipinski definition) is 3. The molecule has 1 aliphatic carbocycles. The van der Waals surface area contributed by atoms with Crippen LogP contribution in [0.3, 0.4) is 0 Å². The van der Waals surface area contributed by atoms with Crippen LogP contribution in [0.5, 0.6) is 0 Å². The third kappa shape index (κ3) is 2.67. The molecule has 0 atom stereocenters. The normalized spacial score (nSPS) is 14.2. The Morgan fingerprint density at radius 1 is 1.45 bits per heavy atom. The van der Waals surface area contributed by atoms with E-state index in [1.54, 1.807) is 23.6 Å². The number of hydrogen-bond donors (Lipinski definition) is 1. The molecule has 0 aromatic carbocycles. The highest BCUT2D eigenvalue weighted by Crippen LogP contribution is 2.30. The first-order valence-electron chi connectivity index (χ1n) is 6.66. The third-order valence-electron chi connectivity index (χ3n) is 3.50. The number of ketones is 1. The molecule has 0 aliphatic heterocycles. The van der Waals surface area contributed by atoms with Crippen LogP contribution in [-0.4, -0.2) is 27.6 Å². The Bertz CT molecular complexity index is 626. The standard InChI is InChI=1S/C15H16N2O2S/c1-10(18)12-6-14(16-7-12)15(19)17(13-2-3-13)8-11-4-5-20-9-11/h4-7,9,13,16H,2-3,8H2,1H3. The molecule has 2 heterocycles. The van der Waals surface area contributed by atoms with Gasteiger partial charge in [-0.25, -0.2) is 0 Å². The van der Waals surface area contributed by atoms with Crippen LogP contribution in [0.15, 0.2) is 29.1 Å². The zero-order valence-corrected chi connectivity index (χ0v) is 12.1. The highest BCUT2D eigenvalue weighted by atomic mass is 32.1. The molecule has 5 heteroatoms. The van der Waals surface area contributed by atoms with Crippen molar-refractivity contribution in [3.63, 3.8) is 0 Å². The van der Waals surface area contributed by atoms with E-state index in [9.17, 15) is 9.59 Å². The summed E-state index contributed by atoms with van der Waals surface area (Å²) in [6, 6.07) is 4.03. The maximum absolute atomic E-state index is 12.6. The molecule has 0 spiro atoms. The second-order valence-corrected chi connectivity index (χ2v) is 5.93. The number of rotatable bonds is 5. The van der Waals surface area contributed by atoms with Crippen molar-refractivity contribution in [3.05, 3.63) is 45.9 Å². The van der Waals surface area contributed by atoms with Gasteiger partial charge in [-0.2, -0.15) is 11.3 Å². The van der Waals surface area contributed by atoms with Gasteiger partial charge in [0.15, 0.2) is 5.78 Å². The molecule has 104 valence electrons. The van der Waals surface area contributed by atoms with Crippen LogP contribution in [0.25, 0.3) is 0 Å². The molecule has 2 aromatic rings. The van der Waals surface area contributed by atoms with Crippen molar-refractivity contribution in [1.82, 2.24) is 9.88 Å². The molecule has 0 unspecified atom stereocenters. The minimum absolute atomic E-state index is 0.0220. The number of thiophene rings is 1. The zero-order valence-electron chi connectivity index (χ0n) is 11.3. The van der Waals surface area contributed by atoms with E-state index in [1.807, 2.05) is 16.3 Å². The largest absolute Gasteiger partial charge is 0.356 e. The Balaban J connectivity index is 1.79. The summed E-state index contributed by atoms with van der Waals surface area (Å²) in [6.45, 7) is 2.14. The summed E-state index contributed by atoms with van der Waals surface area (Å²) >= 11 is 1.64. The predicted octanol–water partition coefficient (Wildman–Crippen LogP) is 3.08. The Hall–Kier alpha value is -1.88. The average molecular weight is 288 g/mol. The Kier molecular flexibility index (Phi) is 3.44. The number of H-pyrrole nitrogens is 1. The molecule has 0 radical (unpaired) electrons. The molecule has 2 aromatic heterocycles. The van der Waals surface area contributed by atoms with Gasteiger partial charge in [0.1, 0.15) is 5.69 Å². The van der Waals surface area contributed by atoms with Crippen molar-refractivity contribution in [3.8, 4) is 0 Å². The third-order valence-corrected chi connectivity index (χ3v) is 4.23. The Morgan fingerprint density at radius 2 is 2.25 bits per heavy atom. The fourth-order valence-corrected chi connectivity index (χ4v) is 2.87. The van der Waals surface area contributed by atoms with E-state index >= 15 is 0 Å². The van der Waals surface area contributed by atoms with Crippen molar-refractivity contribution in [2.75, 3.05) is 0 Å². The van der Waals surface area contributed by atoms with E-state index < -0.39 is 0 Å². The highest BCUT2D eigenvalue weighted by molar-refractivity contribution is 7.07. The fraction of sp³-hybridized carbons (Fsp3) is 0.333. The summed E-state index contributed by atoms with van der Waals surface area (Å²) in [5, 5.41) is 4.09. The van der Waals surface area contributed by atoms with E-state index in [0.29, 0.717) is 23.8 Å². The van der Waals surface area contributed by atoms with Gasteiger partial charge in [-0.15, -0.1) is 0 Å². The molecular formula is C15H16N2O2S. The van der Waals surface area contributed by atoms with Gasteiger partial charge < -0.3 is 9.88 Å². The van der Waals surface area contributed by atoms with Gasteiger partial charge in [0, 0.05) is 24.3 Å². The van der Waals surface area contributed by atoms with Gasteiger partial charge in [0.25, 0.3) is 5.91 Å². The fourth-order valence-electron chi connectivity index (χ4n) is 2.21. The quantitative estimate of drug-likeness (QED) is 0.860. The minimum Gasteiger partial charge on any atom is -0.356 e. The topological polar surface area (TPSA) is 53.2 Å². The molecule has 0 bridgehead atoms. The first-order chi connectivity index (χ1) is 9.65. The summed E-state index contributed by atoms with van der Waals surface area (Å²) < 4.78 is 0. The van der Waals surface area contributed by atoms with Crippen molar-refractivity contribution >= 4 is 23.0 Å². The van der Waals surface area contributed by atoms with Crippen LogP contribution in [0.4, 0.5) is 0 Å². The second-order valence-electron chi connectivity index (χ2n) is 5.15. The summed E-state index contributed by atoms with van der Waals surface area (Å²) in [4.78, 5) is 28.7. The molecule has 1 N–H and O–H groups in total. The summed E-state index contributed by atoms with van der Waals surface area (Å²) in [7, 11) is 0. The Labute approximate surface area is 121 Å². The molecule has 20 heavy (non-hydrogen) atoms. The lowest BCUT2D eigenvalue weighted by Crippen LogP contribution is -2.32. The smallest absolute Gasteiger partial charge is 0.270 e. The number of carbonyl (C=O) groups is 2. The van der Waals surface area contributed by atoms with Crippen molar-refractivity contribution in [2.45, 2.75) is 32.4 Å². The molecule has 4 nitrogen and oxygen atoms in total. The van der Waals surface area contributed by atoms with Crippen molar-refractivity contribution in [2.24, 2.45) is 0 Å². The lowest BCUT2D eigenvalue weighted by molar-refractivity contribution is 0.0725. The molecule has 1 fully saturated rings. The predicted molar refractivity (Wildman–Crippen MR) is 78.0 cm³/mol. The van der Waals surface area contributed by atoms with Crippen LogP contribution in [-0.2, 0) is 6.54 Å². The Morgan fingerprint density at radius 3 is 2.80 bits per heavy atom. The van der Waals surface area contributed by atoms with Crippen molar-refractivity contribution < 1.29 is 9.59 Å². The maximum Gasteiger partial charge on any atom is 0.270 e. The van der Waals surface area contributed by atoms with Gasteiger partial charge in [0.05, 0.1) is 0 Å². The molecule has 1 amide bonds. The summed E-state index contributed by atoms with van der Waals surface area (Å²) in [5.74, 6) is -0.0534. The van der Waals surface area contributed by atoms with Crippen molar-refractivity contribution in [1.29, 1.82) is 0 Å². The van der Waals surface area contributed by atoms with E-state index in [1.165, 1.54) is 6.92 Å². The zero-order chi connectivity index (χ0) is 14.1. The molecule has 1 aliphatic rings. The minimum atomic E-state index is -0.0314. The number of aromatic nitrogens is 1. The van der Waals surface area contributed by atoms with Crippen LogP contribution in [0.1, 0.15) is 46.2 Å². The number of aromatic amines is 1. The number of nitrogens with one attached hydrogen (secondary N) is 1.